The Balaban J connectivity index is 2.12. The fraction of sp³-hybridized carbons (Fsp3) is 0.333. The van der Waals surface area contributed by atoms with E-state index in [1.807, 2.05) is 52.0 Å². The van der Waals surface area contributed by atoms with E-state index in [1.165, 1.54) is 30.2 Å². The number of hydrogen-bond acceptors (Lipinski definition) is 5. The van der Waals surface area contributed by atoms with Gasteiger partial charge in [0.2, 0.25) is 11.8 Å². The van der Waals surface area contributed by atoms with Crippen molar-refractivity contribution < 1.29 is 22.7 Å². The number of aryl methyl sites for hydroxylation is 1. The maximum atomic E-state index is 14.1. The number of nitrogens with zero attached hydrogens (tertiary/aromatic N) is 2. The normalized spacial score (nSPS) is 12.1. The number of halogens is 1. The van der Waals surface area contributed by atoms with Crippen molar-refractivity contribution in [3.8, 4) is 5.75 Å². The van der Waals surface area contributed by atoms with E-state index in [-0.39, 0.29) is 39.8 Å². The zero-order chi connectivity index (χ0) is 29.4. The number of nitrogens with one attached hydrogen (secondary N) is 1. The molecule has 10 heteroatoms. The number of benzene rings is 3. The van der Waals surface area contributed by atoms with Crippen LogP contribution in [0.3, 0.4) is 0 Å². The molecule has 214 valence electrons. The molecule has 1 unspecified atom stereocenters. The van der Waals surface area contributed by atoms with Gasteiger partial charge >= 0.3 is 0 Å². The van der Waals surface area contributed by atoms with E-state index in [2.05, 4.69) is 5.32 Å². The van der Waals surface area contributed by atoms with Gasteiger partial charge < -0.3 is 15.0 Å². The van der Waals surface area contributed by atoms with Crippen LogP contribution in [-0.4, -0.2) is 50.9 Å². The van der Waals surface area contributed by atoms with E-state index in [0.717, 1.165) is 15.4 Å². The lowest BCUT2D eigenvalue weighted by molar-refractivity contribution is -0.140. The van der Waals surface area contributed by atoms with Crippen molar-refractivity contribution in [1.29, 1.82) is 0 Å². The van der Waals surface area contributed by atoms with E-state index in [0.29, 0.717) is 6.42 Å². The molecule has 0 bridgehead atoms. The molecular weight excluding hydrogens is 550 g/mol. The van der Waals surface area contributed by atoms with E-state index in [1.54, 1.807) is 30.3 Å². The molecule has 2 amide bonds. The van der Waals surface area contributed by atoms with Gasteiger partial charge in [0, 0.05) is 17.6 Å². The van der Waals surface area contributed by atoms with Crippen LogP contribution in [0.15, 0.2) is 77.7 Å². The Kier molecular flexibility index (Phi) is 10.6. The number of methoxy groups -OCH3 is 1. The Morgan fingerprint density at radius 3 is 2.30 bits per heavy atom. The number of anilines is 1. The van der Waals surface area contributed by atoms with E-state index in [9.17, 15) is 18.0 Å². The number of rotatable bonds is 12. The Morgan fingerprint density at radius 2 is 1.70 bits per heavy atom. The highest BCUT2D eigenvalue weighted by Gasteiger charge is 2.35. The van der Waals surface area contributed by atoms with Gasteiger partial charge in [-0.05, 0) is 63.1 Å². The van der Waals surface area contributed by atoms with Crippen LogP contribution in [0.5, 0.6) is 5.75 Å². The minimum atomic E-state index is -4.24. The highest BCUT2D eigenvalue weighted by Crippen LogP contribution is 2.35. The smallest absolute Gasteiger partial charge is 0.264 e. The Bertz CT molecular complexity index is 1430. The standard InChI is InChI=1S/C30H36ClN3O5S/c1-6-26(30(36)32-21(2)3)33(19-23-12-10-11-22(4)17-23)29(35)20-34(27-18-24(31)15-16-28(27)39-5)40(37,38)25-13-8-7-9-14-25/h7-18,21,26H,6,19-20H2,1-5H3,(H,32,36). The van der Waals surface area contributed by atoms with Crippen LogP contribution in [0.1, 0.15) is 38.3 Å². The monoisotopic (exact) mass is 585 g/mol. The molecule has 3 aromatic rings. The Hall–Kier alpha value is -3.56. The molecule has 0 aliphatic rings. The van der Waals surface area contributed by atoms with Crippen molar-refractivity contribution in [2.75, 3.05) is 18.0 Å². The van der Waals surface area contributed by atoms with Crippen LogP contribution in [-0.2, 0) is 26.2 Å². The fourth-order valence-corrected chi connectivity index (χ4v) is 6.00. The molecule has 0 saturated carbocycles. The summed E-state index contributed by atoms with van der Waals surface area (Å²) < 4.78 is 34.4. The zero-order valence-electron chi connectivity index (χ0n) is 23.4. The third-order valence-corrected chi connectivity index (χ3v) is 8.28. The van der Waals surface area contributed by atoms with Gasteiger partial charge in [0.25, 0.3) is 10.0 Å². The average Bonchev–Trinajstić information content (AvgIpc) is 2.91. The molecule has 0 fully saturated rings. The molecule has 40 heavy (non-hydrogen) atoms. The minimum Gasteiger partial charge on any atom is -0.495 e. The van der Waals surface area contributed by atoms with Crippen molar-refractivity contribution in [2.24, 2.45) is 0 Å². The first-order chi connectivity index (χ1) is 19.0. The zero-order valence-corrected chi connectivity index (χ0v) is 25.0. The highest BCUT2D eigenvalue weighted by molar-refractivity contribution is 7.92. The van der Waals surface area contributed by atoms with Gasteiger partial charge in [-0.25, -0.2) is 8.42 Å². The molecule has 0 aromatic heterocycles. The molecule has 0 aliphatic heterocycles. The summed E-state index contributed by atoms with van der Waals surface area (Å²) in [5.74, 6) is -0.628. The second-order valence-electron chi connectivity index (χ2n) is 9.74. The van der Waals surface area contributed by atoms with Crippen LogP contribution in [0.2, 0.25) is 5.02 Å². The summed E-state index contributed by atoms with van der Waals surface area (Å²) in [6.07, 6.45) is 0.335. The van der Waals surface area contributed by atoms with E-state index in [4.69, 9.17) is 16.3 Å². The lowest BCUT2D eigenvalue weighted by atomic mass is 10.1. The molecule has 3 aromatic carbocycles. The molecule has 3 rings (SSSR count). The summed E-state index contributed by atoms with van der Waals surface area (Å²) in [5.41, 5.74) is 1.94. The van der Waals surface area contributed by atoms with Crippen molar-refractivity contribution in [1.82, 2.24) is 10.2 Å². The van der Waals surface area contributed by atoms with Gasteiger partial charge in [-0.15, -0.1) is 0 Å². The fourth-order valence-electron chi connectivity index (χ4n) is 4.40. The Labute approximate surface area is 241 Å². The predicted octanol–water partition coefficient (Wildman–Crippen LogP) is 5.18. The summed E-state index contributed by atoms with van der Waals surface area (Å²) in [4.78, 5) is 28.8. The van der Waals surface area contributed by atoms with E-state index < -0.39 is 28.5 Å². The van der Waals surface area contributed by atoms with Gasteiger partial charge in [0.15, 0.2) is 0 Å². The van der Waals surface area contributed by atoms with Gasteiger partial charge in [0.05, 0.1) is 17.7 Å². The number of amides is 2. The van der Waals surface area contributed by atoms with Crippen LogP contribution in [0.4, 0.5) is 5.69 Å². The summed E-state index contributed by atoms with van der Waals surface area (Å²) >= 11 is 6.27. The summed E-state index contributed by atoms with van der Waals surface area (Å²) in [5, 5.41) is 3.16. The van der Waals surface area contributed by atoms with Crippen molar-refractivity contribution in [2.45, 2.75) is 57.6 Å². The third-order valence-electron chi connectivity index (χ3n) is 6.27. The molecule has 1 N–H and O–H groups in total. The molecule has 1 atom stereocenters. The highest BCUT2D eigenvalue weighted by atomic mass is 35.5. The molecule has 0 radical (unpaired) electrons. The summed E-state index contributed by atoms with van der Waals surface area (Å²) in [6, 6.07) is 19.1. The van der Waals surface area contributed by atoms with Crippen LogP contribution in [0, 0.1) is 6.92 Å². The lowest BCUT2D eigenvalue weighted by Gasteiger charge is -2.34. The largest absolute Gasteiger partial charge is 0.495 e. The SMILES string of the molecule is CCC(C(=O)NC(C)C)N(Cc1cccc(C)c1)C(=O)CN(c1cc(Cl)ccc1OC)S(=O)(=O)c1ccccc1. The van der Waals surface area contributed by atoms with Gasteiger partial charge in [-0.1, -0.05) is 66.6 Å². The molecule has 0 spiro atoms. The summed E-state index contributed by atoms with van der Waals surface area (Å²) in [7, 11) is -2.82. The van der Waals surface area contributed by atoms with Crippen molar-refractivity contribution in [3.63, 3.8) is 0 Å². The molecule has 8 nitrogen and oxygen atoms in total. The minimum absolute atomic E-state index is 0.000319. The summed E-state index contributed by atoms with van der Waals surface area (Å²) in [6.45, 7) is 6.99. The maximum Gasteiger partial charge on any atom is 0.264 e. The first-order valence-corrected chi connectivity index (χ1v) is 14.9. The first-order valence-electron chi connectivity index (χ1n) is 13.0. The Morgan fingerprint density at radius 1 is 1.00 bits per heavy atom. The maximum absolute atomic E-state index is 14.1. The van der Waals surface area contributed by atoms with Crippen LogP contribution < -0.4 is 14.4 Å². The van der Waals surface area contributed by atoms with E-state index >= 15 is 0 Å². The van der Waals surface area contributed by atoms with Crippen molar-refractivity contribution >= 4 is 39.1 Å². The number of ether oxygens (including phenoxy) is 1. The van der Waals surface area contributed by atoms with Crippen LogP contribution >= 0.6 is 11.6 Å². The molecule has 0 aliphatic carbocycles. The number of hydrogen-bond donors (Lipinski definition) is 1. The second-order valence-corrected chi connectivity index (χ2v) is 12.0. The molecule has 0 heterocycles. The number of sulfonamides is 1. The van der Waals surface area contributed by atoms with Gasteiger partial charge in [0.1, 0.15) is 18.3 Å². The molecule has 0 saturated heterocycles. The topological polar surface area (TPSA) is 96.0 Å². The quantitative estimate of drug-likeness (QED) is 0.316. The number of carbonyl (C=O) groups is 2. The third kappa shape index (κ3) is 7.55. The van der Waals surface area contributed by atoms with Crippen LogP contribution in [0.25, 0.3) is 0 Å². The van der Waals surface area contributed by atoms with Gasteiger partial charge in [-0.2, -0.15) is 0 Å². The predicted molar refractivity (Wildman–Crippen MR) is 158 cm³/mol. The lowest BCUT2D eigenvalue weighted by Crippen LogP contribution is -2.53. The average molecular weight is 586 g/mol. The van der Waals surface area contributed by atoms with Crippen molar-refractivity contribution in [3.05, 3.63) is 88.9 Å². The number of carbonyl (C=O) groups excluding carboxylic acids is 2. The first kappa shape index (κ1) is 31.0. The molecular formula is C30H36ClN3O5S. The van der Waals surface area contributed by atoms with Gasteiger partial charge in [-0.3, -0.25) is 13.9 Å². The second kappa shape index (κ2) is 13.7.